The number of ketones is 2. The number of methoxy groups -OCH3 is 1. The molecule has 1 amide bonds. The number of nitrogens with two attached hydrogens (primary N) is 2. The van der Waals surface area contributed by atoms with E-state index in [-0.39, 0.29) is 30.3 Å². The molecule has 0 saturated heterocycles. The molecule has 0 saturated carbocycles. The number of Topliss-reactive ketones (excluding diaryl/α,β-unsaturated/α-hetero) is 1. The van der Waals surface area contributed by atoms with Crippen LogP contribution in [0, 0.1) is 10.8 Å². The van der Waals surface area contributed by atoms with Crippen LogP contribution in [0.1, 0.15) is 92.6 Å². The van der Waals surface area contributed by atoms with E-state index in [1.807, 2.05) is 20.8 Å². The molecule has 9 nitrogen and oxygen atoms in total. The van der Waals surface area contributed by atoms with E-state index in [0.29, 0.717) is 45.2 Å². The van der Waals surface area contributed by atoms with Crippen molar-refractivity contribution < 1.29 is 23.9 Å². The zero-order valence-electron chi connectivity index (χ0n) is 27.0. The Labute approximate surface area is 259 Å². The standard InChI is InChI=1S/C32H36N4O5.C3H8/c1-31(2,3)29(38)26-23(17-32(4,5)30(34)39)27(28(37)19-10-12-21(40-6)13-11-19)36-15-14-22(16-24(26)36)41-18-20-8-7-9-25(33)35-20;1-3-2/h7-16H,17-18H2,1-6H3,(H2,33,35)(H2,34,39);3H2,1-2H3. The lowest BCUT2D eigenvalue weighted by Crippen LogP contribution is -2.34. The molecule has 0 aliphatic carbocycles. The number of rotatable bonds is 10. The van der Waals surface area contributed by atoms with Crippen molar-refractivity contribution in [3.63, 3.8) is 0 Å². The average Bonchev–Trinajstić information content (AvgIpc) is 3.27. The van der Waals surface area contributed by atoms with Crippen molar-refractivity contribution in [2.75, 3.05) is 12.8 Å². The summed E-state index contributed by atoms with van der Waals surface area (Å²) in [6.45, 7) is 13.3. The summed E-state index contributed by atoms with van der Waals surface area (Å²) in [4.78, 5) is 44.8. The van der Waals surface area contributed by atoms with Gasteiger partial charge in [-0.3, -0.25) is 14.4 Å². The summed E-state index contributed by atoms with van der Waals surface area (Å²) in [5.41, 5.74) is 12.4. The summed E-state index contributed by atoms with van der Waals surface area (Å²) in [6.07, 6.45) is 3.04. The predicted octanol–water partition coefficient (Wildman–Crippen LogP) is 6.43. The number of hydrogen-bond acceptors (Lipinski definition) is 7. The summed E-state index contributed by atoms with van der Waals surface area (Å²) in [5, 5.41) is 0. The van der Waals surface area contributed by atoms with Crippen molar-refractivity contribution in [3.05, 3.63) is 88.9 Å². The molecule has 0 radical (unpaired) electrons. The number of pyridine rings is 2. The molecular weight excluding hydrogens is 556 g/mol. The second-order valence-electron chi connectivity index (χ2n) is 12.4. The van der Waals surface area contributed by atoms with E-state index in [4.69, 9.17) is 20.9 Å². The molecule has 4 rings (SSSR count). The number of nitrogens with zero attached hydrogens (tertiary/aromatic N) is 2. The molecule has 0 spiro atoms. The first-order valence-electron chi connectivity index (χ1n) is 14.7. The Balaban J connectivity index is 0.00000169. The van der Waals surface area contributed by atoms with Crippen LogP contribution in [0.4, 0.5) is 5.82 Å². The van der Waals surface area contributed by atoms with Crippen molar-refractivity contribution in [1.29, 1.82) is 0 Å². The van der Waals surface area contributed by atoms with Gasteiger partial charge in [-0.15, -0.1) is 0 Å². The number of carbonyl (C=O) groups is 3. The van der Waals surface area contributed by atoms with Crippen LogP contribution in [0.15, 0.2) is 60.8 Å². The van der Waals surface area contributed by atoms with Crippen molar-refractivity contribution >= 4 is 28.8 Å². The number of benzene rings is 1. The summed E-state index contributed by atoms with van der Waals surface area (Å²) < 4.78 is 13.0. The van der Waals surface area contributed by atoms with Crippen molar-refractivity contribution in [2.45, 2.75) is 67.9 Å². The first-order chi connectivity index (χ1) is 20.6. The first kappa shape index (κ1) is 33.8. The molecule has 1 aromatic carbocycles. The fourth-order valence-electron chi connectivity index (χ4n) is 4.57. The van der Waals surface area contributed by atoms with Gasteiger partial charge >= 0.3 is 0 Å². The Morgan fingerprint density at radius 1 is 0.932 bits per heavy atom. The summed E-state index contributed by atoms with van der Waals surface area (Å²) in [5.74, 6) is 0.457. The van der Waals surface area contributed by atoms with E-state index in [2.05, 4.69) is 18.8 Å². The molecule has 0 atom stereocenters. The molecule has 0 bridgehead atoms. The van der Waals surface area contributed by atoms with Gasteiger partial charge in [-0.25, -0.2) is 4.98 Å². The predicted molar refractivity (Wildman–Crippen MR) is 173 cm³/mol. The third-order valence-electron chi connectivity index (χ3n) is 6.99. The summed E-state index contributed by atoms with van der Waals surface area (Å²) in [7, 11) is 1.55. The normalized spacial score (nSPS) is 11.5. The number of carbonyl (C=O) groups excluding carboxylic acids is 3. The number of aromatic nitrogens is 2. The fourth-order valence-corrected chi connectivity index (χ4v) is 4.57. The van der Waals surface area contributed by atoms with Crippen LogP contribution in [-0.2, 0) is 17.8 Å². The van der Waals surface area contributed by atoms with Crippen LogP contribution in [0.2, 0.25) is 0 Å². The minimum Gasteiger partial charge on any atom is -0.497 e. The van der Waals surface area contributed by atoms with E-state index < -0.39 is 16.7 Å². The quantitative estimate of drug-likeness (QED) is 0.200. The highest BCUT2D eigenvalue weighted by molar-refractivity contribution is 6.15. The lowest BCUT2D eigenvalue weighted by atomic mass is 9.79. The van der Waals surface area contributed by atoms with Gasteiger partial charge in [-0.1, -0.05) is 61.0 Å². The lowest BCUT2D eigenvalue weighted by Gasteiger charge is -2.23. The van der Waals surface area contributed by atoms with Crippen LogP contribution in [-0.4, -0.2) is 34.0 Å². The number of amides is 1. The highest BCUT2D eigenvalue weighted by atomic mass is 16.5. The molecule has 3 aromatic heterocycles. The highest BCUT2D eigenvalue weighted by Crippen LogP contribution is 2.37. The molecule has 0 aliphatic heterocycles. The maximum Gasteiger partial charge on any atom is 0.223 e. The third kappa shape index (κ3) is 7.64. The second-order valence-corrected chi connectivity index (χ2v) is 12.4. The number of nitrogen functional groups attached to an aromatic ring is 1. The van der Waals surface area contributed by atoms with E-state index in [1.54, 1.807) is 86.2 Å². The zero-order chi connectivity index (χ0) is 32.8. The van der Waals surface area contributed by atoms with Gasteiger partial charge < -0.3 is 25.3 Å². The van der Waals surface area contributed by atoms with E-state index in [0.717, 1.165) is 0 Å². The van der Waals surface area contributed by atoms with Crippen LogP contribution < -0.4 is 20.9 Å². The van der Waals surface area contributed by atoms with E-state index >= 15 is 0 Å². The Morgan fingerprint density at radius 2 is 1.57 bits per heavy atom. The first-order valence-corrected chi connectivity index (χ1v) is 14.7. The van der Waals surface area contributed by atoms with Gasteiger partial charge in [0.25, 0.3) is 0 Å². The van der Waals surface area contributed by atoms with Crippen molar-refractivity contribution in [1.82, 2.24) is 9.38 Å². The van der Waals surface area contributed by atoms with Crippen LogP contribution in [0.5, 0.6) is 11.5 Å². The molecule has 234 valence electrons. The van der Waals surface area contributed by atoms with Crippen molar-refractivity contribution in [3.8, 4) is 11.5 Å². The smallest absolute Gasteiger partial charge is 0.223 e. The summed E-state index contributed by atoms with van der Waals surface area (Å²) >= 11 is 0. The number of primary amides is 1. The van der Waals surface area contributed by atoms with Crippen LogP contribution >= 0.6 is 0 Å². The monoisotopic (exact) mass is 600 g/mol. The maximum atomic E-state index is 14.1. The number of anilines is 1. The van der Waals surface area contributed by atoms with Gasteiger partial charge in [0.05, 0.1) is 24.0 Å². The highest BCUT2D eigenvalue weighted by Gasteiger charge is 2.37. The SMILES string of the molecule is CCC.COc1ccc(C(=O)c2c(CC(C)(C)C(N)=O)c(C(=O)C(C)(C)C)c3cc(OCc4cccc(N)n4)ccn23)cc1. The van der Waals surface area contributed by atoms with Gasteiger partial charge in [0.15, 0.2) is 5.78 Å². The maximum absolute atomic E-state index is 14.1. The van der Waals surface area contributed by atoms with Gasteiger partial charge in [-0.2, -0.15) is 0 Å². The molecule has 9 heteroatoms. The fraction of sp³-hybridized carbons (Fsp3) is 0.371. The molecule has 4 N–H and O–H groups in total. The van der Waals surface area contributed by atoms with Gasteiger partial charge in [-0.05, 0) is 54.4 Å². The van der Waals surface area contributed by atoms with Gasteiger partial charge in [0.1, 0.15) is 23.9 Å². The minimum atomic E-state index is -1.04. The zero-order valence-corrected chi connectivity index (χ0v) is 27.0. The largest absolute Gasteiger partial charge is 0.497 e. The molecular formula is C35H44N4O5. The van der Waals surface area contributed by atoms with Crippen molar-refractivity contribution in [2.24, 2.45) is 16.6 Å². The Hall–Kier alpha value is -4.66. The minimum absolute atomic E-state index is 0.0851. The average molecular weight is 601 g/mol. The third-order valence-corrected chi connectivity index (χ3v) is 6.99. The lowest BCUT2D eigenvalue weighted by molar-refractivity contribution is -0.125. The Bertz CT molecular complexity index is 1650. The summed E-state index contributed by atoms with van der Waals surface area (Å²) in [6, 6.07) is 15.5. The molecule has 0 unspecified atom stereocenters. The molecule has 0 aliphatic rings. The molecule has 44 heavy (non-hydrogen) atoms. The Kier molecular flexibility index (Phi) is 10.6. The second kappa shape index (κ2) is 13.8. The number of ether oxygens (including phenoxy) is 2. The molecule has 3 heterocycles. The van der Waals surface area contributed by atoms with Gasteiger partial charge in [0, 0.05) is 34.2 Å². The number of hydrogen-bond donors (Lipinski definition) is 2. The van der Waals surface area contributed by atoms with Crippen LogP contribution in [0.25, 0.3) is 5.52 Å². The Morgan fingerprint density at radius 3 is 2.11 bits per heavy atom. The molecule has 0 fully saturated rings. The van der Waals surface area contributed by atoms with Crippen LogP contribution in [0.3, 0.4) is 0 Å². The van der Waals surface area contributed by atoms with Gasteiger partial charge in [0.2, 0.25) is 11.7 Å². The molecule has 4 aromatic rings. The number of fused-ring (bicyclic) bond motifs is 1. The topological polar surface area (TPSA) is 139 Å². The van der Waals surface area contributed by atoms with E-state index in [9.17, 15) is 14.4 Å². The van der Waals surface area contributed by atoms with E-state index in [1.165, 1.54) is 6.42 Å².